The number of rotatable bonds is 6. The Bertz CT molecular complexity index is 937. The summed E-state index contributed by atoms with van der Waals surface area (Å²) >= 11 is 6.36. The largest absolute Gasteiger partial charge is 0.495 e. The van der Waals surface area contributed by atoms with Crippen molar-refractivity contribution in [2.45, 2.75) is 59.4 Å². The molecule has 2 aromatic rings. The molecular formula is C23H33BClN3O4. The second kappa shape index (κ2) is 10.6. The van der Waals surface area contributed by atoms with Crippen LogP contribution in [0, 0.1) is 13.8 Å². The van der Waals surface area contributed by atoms with E-state index in [1.165, 1.54) is 0 Å². The van der Waals surface area contributed by atoms with Crippen molar-refractivity contribution in [1.29, 1.82) is 0 Å². The van der Waals surface area contributed by atoms with E-state index in [0.717, 1.165) is 33.6 Å². The molecule has 1 aliphatic rings. The molecular weight excluding hydrogens is 429 g/mol. The van der Waals surface area contributed by atoms with Gasteiger partial charge in [0.15, 0.2) is 0 Å². The van der Waals surface area contributed by atoms with Crippen molar-refractivity contribution in [3.05, 3.63) is 52.0 Å². The number of ether oxygens (including phenoxy) is 1. The molecule has 3 rings (SSSR count). The number of nitrogens with one attached hydrogen (secondary N) is 2. The molecule has 0 radical (unpaired) electrons. The number of hydrogen-bond donors (Lipinski definition) is 3. The fourth-order valence-corrected chi connectivity index (χ4v) is 3.51. The van der Waals surface area contributed by atoms with Gasteiger partial charge in [-0.15, -0.1) is 0 Å². The van der Waals surface area contributed by atoms with E-state index in [1.807, 2.05) is 38.2 Å². The van der Waals surface area contributed by atoms with Crippen LogP contribution in [0.2, 0.25) is 5.02 Å². The van der Waals surface area contributed by atoms with E-state index in [-0.39, 0.29) is 18.3 Å². The molecule has 0 unspecified atom stereocenters. The van der Waals surface area contributed by atoms with Crippen LogP contribution in [0.15, 0.2) is 30.3 Å². The van der Waals surface area contributed by atoms with Crippen molar-refractivity contribution in [1.82, 2.24) is 5.43 Å². The van der Waals surface area contributed by atoms with Crippen molar-refractivity contribution in [3.8, 4) is 5.75 Å². The van der Waals surface area contributed by atoms with Gasteiger partial charge in [0.05, 0.1) is 11.2 Å². The lowest BCUT2D eigenvalue weighted by Crippen LogP contribution is -2.41. The Labute approximate surface area is 196 Å². The number of carbonyl (C=O) groups excluding carboxylic acids is 1. The standard InChI is InChI=1S/C22H29BClNO3.CH4N2O/c1-14-12-20(26-13-16-18(24)9-8-10-19(16)25-7)15(2)11-17(14)23-27-21(3,4)22(5,6)28-23;2-3-1-4/h8-12,25H,13H2,1-7H3;1H,2H2,(H,3,4). The molecule has 9 heteroatoms. The minimum atomic E-state index is -0.378. The maximum absolute atomic E-state index is 8.94. The topological polar surface area (TPSA) is 94.8 Å². The summed E-state index contributed by atoms with van der Waals surface area (Å²) in [4.78, 5) is 8.94. The van der Waals surface area contributed by atoms with Gasteiger partial charge in [-0.3, -0.25) is 10.2 Å². The van der Waals surface area contributed by atoms with E-state index in [9.17, 15) is 0 Å². The van der Waals surface area contributed by atoms with Crippen LogP contribution in [0.3, 0.4) is 0 Å². The van der Waals surface area contributed by atoms with Gasteiger partial charge in [0, 0.05) is 23.3 Å². The van der Waals surface area contributed by atoms with Crippen molar-refractivity contribution < 1.29 is 18.8 Å². The monoisotopic (exact) mass is 461 g/mol. The quantitative estimate of drug-likeness (QED) is 0.200. The minimum absolute atomic E-state index is 0.360. The van der Waals surface area contributed by atoms with Gasteiger partial charge >= 0.3 is 7.12 Å². The smallest absolute Gasteiger partial charge is 0.488 e. The third kappa shape index (κ3) is 5.75. The summed E-state index contributed by atoms with van der Waals surface area (Å²) in [6, 6.07) is 9.93. The van der Waals surface area contributed by atoms with E-state index in [4.69, 9.17) is 30.4 Å². The van der Waals surface area contributed by atoms with E-state index in [2.05, 4.69) is 51.8 Å². The lowest BCUT2D eigenvalue weighted by atomic mass is 9.75. The average molecular weight is 462 g/mol. The zero-order valence-electron chi connectivity index (χ0n) is 19.8. The van der Waals surface area contributed by atoms with E-state index in [0.29, 0.717) is 18.0 Å². The van der Waals surface area contributed by atoms with Crippen LogP contribution in [0.1, 0.15) is 44.4 Å². The first kappa shape index (κ1) is 26.0. The number of hydrazine groups is 1. The summed E-state index contributed by atoms with van der Waals surface area (Å²) in [5, 5.41) is 3.85. The van der Waals surface area contributed by atoms with Crippen LogP contribution in [0.4, 0.5) is 5.69 Å². The predicted octanol–water partition coefficient (Wildman–Crippen LogP) is 3.48. The highest BCUT2D eigenvalue weighted by Crippen LogP contribution is 2.37. The van der Waals surface area contributed by atoms with Crippen molar-refractivity contribution in [2.24, 2.45) is 5.84 Å². The molecule has 0 saturated carbocycles. The minimum Gasteiger partial charge on any atom is -0.488 e. The summed E-state index contributed by atoms with van der Waals surface area (Å²) in [5.74, 6) is 5.24. The van der Waals surface area contributed by atoms with E-state index in [1.54, 1.807) is 5.43 Å². The van der Waals surface area contributed by atoms with Gasteiger partial charge < -0.3 is 19.4 Å². The Balaban J connectivity index is 0.000000837. The maximum Gasteiger partial charge on any atom is 0.495 e. The fourth-order valence-electron chi connectivity index (χ4n) is 3.28. The molecule has 0 bridgehead atoms. The van der Waals surface area contributed by atoms with Crippen molar-refractivity contribution in [2.75, 3.05) is 12.4 Å². The first-order valence-electron chi connectivity index (χ1n) is 10.4. The summed E-state index contributed by atoms with van der Waals surface area (Å²) < 4.78 is 18.5. The molecule has 0 spiro atoms. The number of amides is 1. The molecule has 1 amide bonds. The molecule has 2 aromatic carbocycles. The molecule has 174 valence electrons. The van der Waals surface area contributed by atoms with Gasteiger partial charge in [0.2, 0.25) is 6.41 Å². The number of carbonyl (C=O) groups is 1. The highest BCUT2D eigenvalue weighted by molar-refractivity contribution is 6.62. The van der Waals surface area contributed by atoms with Crippen LogP contribution >= 0.6 is 11.6 Å². The predicted molar refractivity (Wildman–Crippen MR) is 130 cm³/mol. The van der Waals surface area contributed by atoms with Crippen LogP contribution in [0.5, 0.6) is 5.75 Å². The van der Waals surface area contributed by atoms with Gasteiger partial charge in [0.1, 0.15) is 12.4 Å². The third-order valence-electron chi connectivity index (χ3n) is 5.90. The number of aryl methyl sites for hydroxylation is 2. The van der Waals surface area contributed by atoms with Gasteiger partial charge in [-0.2, -0.15) is 0 Å². The third-order valence-corrected chi connectivity index (χ3v) is 6.25. The van der Waals surface area contributed by atoms with Gasteiger partial charge in [-0.1, -0.05) is 23.7 Å². The molecule has 1 fully saturated rings. The zero-order valence-corrected chi connectivity index (χ0v) is 20.6. The second-order valence-corrected chi connectivity index (χ2v) is 9.06. The van der Waals surface area contributed by atoms with Crippen LogP contribution in [0.25, 0.3) is 0 Å². The van der Waals surface area contributed by atoms with Crippen molar-refractivity contribution >= 4 is 36.3 Å². The average Bonchev–Trinajstić information content (AvgIpc) is 2.95. The molecule has 1 saturated heterocycles. The second-order valence-electron chi connectivity index (χ2n) is 8.65. The summed E-state index contributed by atoms with van der Waals surface area (Å²) in [5.41, 5.74) is 6.09. The number of anilines is 1. The zero-order chi connectivity index (χ0) is 24.1. The Morgan fingerprint density at radius 1 is 1.12 bits per heavy atom. The Hall–Kier alpha value is -2.26. The Morgan fingerprint density at radius 2 is 1.72 bits per heavy atom. The molecule has 1 heterocycles. The Morgan fingerprint density at radius 3 is 2.25 bits per heavy atom. The molecule has 32 heavy (non-hydrogen) atoms. The van der Waals surface area contributed by atoms with Crippen molar-refractivity contribution in [3.63, 3.8) is 0 Å². The number of hydrogen-bond acceptors (Lipinski definition) is 6. The molecule has 4 N–H and O–H groups in total. The summed E-state index contributed by atoms with van der Waals surface area (Å²) in [7, 11) is 1.50. The van der Waals surface area contributed by atoms with Gasteiger partial charge in [-0.05, 0) is 76.3 Å². The molecule has 1 aliphatic heterocycles. The lowest BCUT2D eigenvalue weighted by Gasteiger charge is -2.32. The Kier molecular flexibility index (Phi) is 8.59. The van der Waals surface area contributed by atoms with Gasteiger partial charge in [-0.25, -0.2) is 5.84 Å². The van der Waals surface area contributed by atoms with E-state index >= 15 is 0 Å². The lowest BCUT2D eigenvalue weighted by molar-refractivity contribution is -0.109. The van der Waals surface area contributed by atoms with Crippen LogP contribution in [-0.4, -0.2) is 31.8 Å². The molecule has 0 aliphatic carbocycles. The number of halogens is 1. The number of benzene rings is 2. The van der Waals surface area contributed by atoms with E-state index < -0.39 is 0 Å². The molecule has 0 aromatic heterocycles. The summed E-state index contributed by atoms with van der Waals surface area (Å²) in [6.07, 6.45) is 0.403. The molecule has 7 nitrogen and oxygen atoms in total. The first-order chi connectivity index (χ1) is 15.0. The van der Waals surface area contributed by atoms with Crippen LogP contribution in [-0.2, 0) is 20.7 Å². The van der Waals surface area contributed by atoms with Crippen LogP contribution < -0.4 is 26.8 Å². The van der Waals surface area contributed by atoms with Gasteiger partial charge in [0.25, 0.3) is 0 Å². The highest BCUT2D eigenvalue weighted by atomic mass is 35.5. The normalized spacial score (nSPS) is 16.1. The first-order valence-corrected chi connectivity index (χ1v) is 10.8. The SMILES string of the molecule is CNc1cccc(Cl)c1COc1cc(C)c(B2OC(C)(C)C(C)(C)O2)cc1C.NNC=O. The summed E-state index contributed by atoms with van der Waals surface area (Å²) in [6.45, 7) is 12.7. The maximum atomic E-state index is 8.94. The molecule has 0 atom stereocenters. The highest BCUT2D eigenvalue weighted by Gasteiger charge is 2.52. The number of nitrogens with two attached hydrogens (primary N) is 1. The fraction of sp³-hybridized carbons (Fsp3) is 0.435.